The maximum atomic E-state index is 12.1. The molecule has 0 saturated carbocycles. The van der Waals surface area contributed by atoms with Gasteiger partial charge >= 0.3 is 5.97 Å². The number of rotatable bonds is 9. The van der Waals surface area contributed by atoms with Crippen LogP contribution in [0, 0.1) is 5.41 Å². The van der Waals surface area contributed by atoms with Crippen LogP contribution >= 0.6 is 0 Å². The number of nitrogens with one attached hydrogen (secondary N) is 1. The molecule has 0 aromatic rings. The zero-order valence-electron chi connectivity index (χ0n) is 17.1. The molecule has 0 aromatic carbocycles. The highest BCUT2D eigenvalue weighted by Crippen LogP contribution is 2.44. The van der Waals surface area contributed by atoms with Gasteiger partial charge in [-0.05, 0) is 63.0 Å². The SMILES string of the molecule is CC1=CC(=O)CC(C)(C)[C@@]1(O)/C=C/C(C)=C\C(=O)N[C@@H](CCCCN)C(=O)O. The summed E-state index contributed by atoms with van der Waals surface area (Å²) in [5, 5.41) is 22.8. The molecule has 0 aliphatic heterocycles. The number of nitrogens with two attached hydrogens (primary N) is 1. The van der Waals surface area contributed by atoms with Crippen molar-refractivity contribution in [3.05, 3.63) is 35.5 Å². The van der Waals surface area contributed by atoms with Gasteiger partial charge in [-0.3, -0.25) is 9.59 Å². The Labute approximate surface area is 166 Å². The third-order valence-electron chi connectivity index (χ3n) is 5.13. The van der Waals surface area contributed by atoms with Crippen molar-refractivity contribution in [1.82, 2.24) is 5.32 Å². The lowest BCUT2D eigenvalue weighted by Crippen LogP contribution is -2.48. The molecule has 1 aliphatic carbocycles. The van der Waals surface area contributed by atoms with Crippen LogP contribution in [-0.2, 0) is 14.4 Å². The summed E-state index contributed by atoms with van der Waals surface area (Å²) >= 11 is 0. The van der Waals surface area contributed by atoms with E-state index in [2.05, 4.69) is 5.32 Å². The van der Waals surface area contributed by atoms with Gasteiger partial charge in [-0.2, -0.15) is 0 Å². The first kappa shape index (κ1) is 23.8. The molecule has 28 heavy (non-hydrogen) atoms. The first-order valence-corrected chi connectivity index (χ1v) is 9.48. The van der Waals surface area contributed by atoms with Crippen molar-refractivity contribution in [3.63, 3.8) is 0 Å². The summed E-state index contributed by atoms with van der Waals surface area (Å²) in [6, 6.07) is -0.968. The van der Waals surface area contributed by atoms with Gasteiger partial charge in [0.05, 0.1) is 0 Å². The van der Waals surface area contributed by atoms with E-state index in [1.165, 1.54) is 12.2 Å². The summed E-state index contributed by atoms with van der Waals surface area (Å²) in [7, 11) is 0. The van der Waals surface area contributed by atoms with Crippen LogP contribution in [0.2, 0.25) is 0 Å². The number of carboxylic acid groups (broad SMARTS) is 1. The van der Waals surface area contributed by atoms with Crippen molar-refractivity contribution in [2.24, 2.45) is 11.1 Å². The van der Waals surface area contributed by atoms with Gasteiger partial charge in [-0.25, -0.2) is 4.79 Å². The minimum Gasteiger partial charge on any atom is -0.480 e. The minimum absolute atomic E-state index is 0.0263. The fourth-order valence-corrected chi connectivity index (χ4v) is 3.33. The Hall–Kier alpha value is -2.25. The fourth-order valence-electron chi connectivity index (χ4n) is 3.33. The van der Waals surface area contributed by atoms with Gasteiger partial charge in [-0.15, -0.1) is 0 Å². The van der Waals surface area contributed by atoms with Crippen LogP contribution in [0.4, 0.5) is 0 Å². The quantitative estimate of drug-likeness (QED) is 0.269. The number of allylic oxidation sites excluding steroid dienone is 3. The van der Waals surface area contributed by atoms with Gasteiger partial charge in [0.25, 0.3) is 0 Å². The summed E-state index contributed by atoms with van der Waals surface area (Å²) < 4.78 is 0. The number of unbranched alkanes of at least 4 members (excludes halogenated alkanes) is 1. The number of hydrogen-bond acceptors (Lipinski definition) is 5. The maximum absolute atomic E-state index is 12.1. The second-order valence-corrected chi connectivity index (χ2v) is 8.03. The number of carbonyl (C=O) groups excluding carboxylic acids is 2. The van der Waals surface area contributed by atoms with E-state index in [1.54, 1.807) is 26.0 Å². The molecule has 0 unspecified atom stereocenters. The van der Waals surface area contributed by atoms with Crippen molar-refractivity contribution in [1.29, 1.82) is 0 Å². The molecule has 1 rings (SSSR count). The van der Waals surface area contributed by atoms with Crippen molar-refractivity contribution >= 4 is 17.7 Å². The fraction of sp³-hybridized carbons (Fsp3) is 0.571. The highest BCUT2D eigenvalue weighted by Gasteiger charge is 2.46. The van der Waals surface area contributed by atoms with Crippen LogP contribution in [0.25, 0.3) is 0 Å². The average molecular weight is 392 g/mol. The highest BCUT2D eigenvalue weighted by molar-refractivity contribution is 5.93. The Bertz CT molecular complexity index is 706. The molecule has 0 aromatic heterocycles. The molecule has 156 valence electrons. The van der Waals surface area contributed by atoms with Crippen LogP contribution in [0.5, 0.6) is 0 Å². The third-order valence-corrected chi connectivity index (χ3v) is 5.13. The number of hydrogen-bond donors (Lipinski definition) is 4. The molecule has 0 saturated heterocycles. The first-order chi connectivity index (χ1) is 12.9. The van der Waals surface area contributed by atoms with E-state index in [9.17, 15) is 24.6 Å². The summed E-state index contributed by atoms with van der Waals surface area (Å²) in [5.74, 6) is -1.63. The largest absolute Gasteiger partial charge is 0.480 e. The molecule has 0 radical (unpaired) electrons. The van der Waals surface area contributed by atoms with Crippen molar-refractivity contribution in [2.45, 2.75) is 65.0 Å². The minimum atomic E-state index is -1.31. The molecule has 7 nitrogen and oxygen atoms in total. The molecule has 0 fully saturated rings. The Kier molecular flexibility index (Phi) is 8.32. The van der Waals surface area contributed by atoms with Gasteiger partial charge < -0.3 is 21.3 Å². The number of aliphatic carboxylic acids is 1. The molecule has 1 aliphatic rings. The van der Waals surface area contributed by atoms with E-state index in [1.807, 2.05) is 13.8 Å². The lowest BCUT2D eigenvalue weighted by molar-refractivity contribution is -0.141. The van der Waals surface area contributed by atoms with E-state index in [0.29, 0.717) is 37.0 Å². The molecule has 0 heterocycles. The van der Waals surface area contributed by atoms with Crippen LogP contribution < -0.4 is 11.1 Å². The molecular weight excluding hydrogens is 360 g/mol. The van der Waals surface area contributed by atoms with Crippen molar-refractivity contribution in [2.75, 3.05) is 6.54 Å². The van der Waals surface area contributed by atoms with Crippen LogP contribution in [-0.4, -0.2) is 46.1 Å². The van der Waals surface area contributed by atoms with E-state index < -0.39 is 28.9 Å². The molecule has 2 atom stereocenters. The van der Waals surface area contributed by atoms with Crippen molar-refractivity contribution in [3.8, 4) is 0 Å². The van der Waals surface area contributed by atoms with Crippen LogP contribution in [0.3, 0.4) is 0 Å². The van der Waals surface area contributed by atoms with Gasteiger partial charge in [0, 0.05) is 17.9 Å². The van der Waals surface area contributed by atoms with Crippen molar-refractivity contribution < 1.29 is 24.6 Å². The summed E-state index contributed by atoms with van der Waals surface area (Å²) in [4.78, 5) is 35.2. The molecule has 0 bridgehead atoms. The monoisotopic (exact) mass is 392 g/mol. The Morgan fingerprint density at radius 1 is 1.36 bits per heavy atom. The topological polar surface area (TPSA) is 130 Å². The first-order valence-electron chi connectivity index (χ1n) is 9.48. The lowest BCUT2D eigenvalue weighted by atomic mass is 9.64. The zero-order valence-corrected chi connectivity index (χ0v) is 17.1. The Morgan fingerprint density at radius 3 is 2.54 bits per heavy atom. The highest BCUT2D eigenvalue weighted by atomic mass is 16.4. The standard InChI is InChI=1S/C21H32N2O5/c1-14(11-18(25)23-17(19(26)27)7-5-6-10-22)8-9-21(28)15(2)12-16(24)13-20(21,3)4/h8-9,11-12,17,28H,5-7,10,13,22H2,1-4H3,(H,23,25)(H,26,27)/b9-8+,14-11-/t17-,21+/m0/s1. The van der Waals surface area contributed by atoms with Crippen LogP contribution in [0.1, 0.15) is 53.4 Å². The van der Waals surface area contributed by atoms with E-state index >= 15 is 0 Å². The van der Waals surface area contributed by atoms with E-state index in [4.69, 9.17) is 5.73 Å². The van der Waals surface area contributed by atoms with E-state index in [0.717, 1.165) is 0 Å². The molecule has 1 amide bonds. The molecule has 5 N–H and O–H groups in total. The number of carboxylic acids is 1. The predicted octanol–water partition coefficient (Wildman–Crippen LogP) is 1.86. The Balaban J connectivity index is 2.87. The number of aliphatic hydroxyl groups is 1. The normalized spacial score (nSPS) is 23.4. The number of carbonyl (C=O) groups is 3. The zero-order chi connectivity index (χ0) is 21.5. The summed E-state index contributed by atoms with van der Waals surface area (Å²) in [6.07, 6.45) is 7.77. The van der Waals surface area contributed by atoms with Crippen LogP contribution in [0.15, 0.2) is 35.5 Å². The lowest BCUT2D eigenvalue weighted by Gasteiger charge is -2.44. The molecular formula is C21H32N2O5. The van der Waals surface area contributed by atoms with Gasteiger partial charge in [0.1, 0.15) is 11.6 Å². The maximum Gasteiger partial charge on any atom is 0.326 e. The third kappa shape index (κ3) is 6.14. The van der Waals surface area contributed by atoms with Gasteiger partial charge in [0.2, 0.25) is 5.91 Å². The molecule has 0 spiro atoms. The van der Waals surface area contributed by atoms with E-state index in [-0.39, 0.29) is 12.2 Å². The predicted molar refractivity (Wildman–Crippen MR) is 107 cm³/mol. The van der Waals surface area contributed by atoms with Gasteiger partial charge in [-0.1, -0.05) is 19.9 Å². The second kappa shape index (κ2) is 9.80. The summed E-state index contributed by atoms with van der Waals surface area (Å²) in [6.45, 7) is 7.49. The number of amides is 1. The number of ketones is 1. The summed E-state index contributed by atoms with van der Waals surface area (Å²) in [5.41, 5.74) is 4.52. The average Bonchev–Trinajstić information content (AvgIpc) is 2.56. The smallest absolute Gasteiger partial charge is 0.326 e. The molecule has 7 heteroatoms. The second-order valence-electron chi connectivity index (χ2n) is 8.03. The van der Waals surface area contributed by atoms with Gasteiger partial charge in [0.15, 0.2) is 5.78 Å². The Morgan fingerprint density at radius 2 is 2.00 bits per heavy atom.